The Kier molecular flexibility index (Phi) is 4.07. The van der Waals surface area contributed by atoms with E-state index >= 15 is 0 Å². The predicted molar refractivity (Wildman–Crippen MR) is 76.4 cm³/mol. The van der Waals surface area contributed by atoms with Gasteiger partial charge in [-0.15, -0.1) is 0 Å². The van der Waals surface area contributed by atoms with Crippen molar-refractivity contribution in [1.82, 2.24) is 4.90 Å². The van der Waals surface area contributed by atoms with Gasteiger partial charge in [0, 0.05) is 30.1 Å². The molecule has 2 rings (SSSR count). The van der Waals surface area contributed by atoms with Gasteiger partial charge in [0.25, 0.3) is 0 Å². The van der Waals surface area contributed by atoms with Gasteiger partial charge in [0.1, 0.15) is 0 Å². The molecule has 4 heteroatoms. The average molecular weight is 298 g/mol. The second kappa shape index (κ2) is 5.38. The van der Waals surface area contributed by atoms with Crippen molar-refractivity contribution in [3.63, 3.8) is 0 Å². The summed E-state index contributed by atoms with van der Waals surface area (Å²) in [5.41, 5.74) is 7.18. The van der Waals surface area contributed by atoms with Gasteiger partial charge in [-0.25, -0.2) is 0 Å². The third-order valence-electron chi connectivity index (χ3n) is 3.37. The second-order valence-electron chi connectivity index (χ2n) is 4.82. The maximum atomic E-state index is 5.92. The lowest BCUT2D eigenvalue weighted by Gasteiger charge is -2.46. The lowest BCUT2D eigenvalue weighted by atomic mass is 10.1. The molecule has 2 unspecified atom stereocenters. The van der Waals surface area contributed by atoms with Gasteiger partial charge >= 0.3 is 0 Å². The van der Waals surface area contributed by atoms with Crippen molar-refractivity contribution in [1.29, 1.82) is 0 Å². The Morgan fingerprint density at radius 3 is 2.71 bits per heavy atom. The van der Waals surface area contributed by atoms with E-state index in [1.807, 2.05) is 6.07 Å². The number of anilines is 1. The summed E-state index contributed by atoms with van der Waals surface area (Å²) in [5, 5.41) is 0. The van der Waals surface area contributed by atoms with Crippen LogP contribution in [0.5, 0.6) is 0 Å². The van der Waals surface area contributed by atoms with E-state index in [4.69, 9.17) is 5.73 Å². The van der Waals surface area contributed by atoms with Crippen molar-refractivity contribution >= 4 is 21.6 Å². The summed E-state index contributed by atoms with van der Waals surface area (Å²) < 4.78 is 1.15. The summed E-state index contributed by atoms with van der Waals surface area (Å²) in [5.74, 6) is 0. The van der Waals surface area contributed by atoms with Crippen LogP contribution in [0.2, 0.25) is 0 Å². The Balaban J connectivity index is 2.31. The van der Waals surface area contributed by atoms with E-state index in [1.54, 1.807) is 0 Å². The average Bonchev–Trinajstić information content (AvgIpc) is 2.29. The fraction of sp³-hybridized carbons (Fsp3) is 0.538. The molecule has 0 amide bonds. The number of likely N-dealkylation sites (N-methyl/N-ethyl adjacent to an activating group) is 1. The second-order valence-corrected chi connectivity index (χ2v) is 5.67. The molecule has 1 aromatic carbocycles. The van der Waals surface area contributed by atoms with Gasteiger partial charge in [-0.05, 0) is 42.0 Å². The molecule has 1 saturated heterocycles. The predicted octanol–water partition coefficient (Wildman–Crippen LogP) is 1.92. The minimum atomic E-state index is 0.391. The maximum Gasteiger partial charge on any atom is 0.0543 e. The fourth-order valence-electron chi connectivity index (χ4n) is 2.70. The van der Waals surface area contributed by atoms with Gasteiger partial charge in [-0.1, -0.05) is 12.1 Å². The van der Waals surface area contributed by atoms with Crippen molar-refractivity contribution in [3.05, 3.63) is 28.7 Å². The number of hydrogen-bond donors (Lipinski definition) is 1. The SMILES string of the molecule is CC1CN(C)CC(CN)N1c1ccccc1Br. The molecule has 0 saturated carbocycles. The first kappa shape index (κ1) is 12.9. The van der Waals surface area contributed by atoms with Gasteiger partial charge in [-0.3, -0.25) is 0 Å². The standard InChI is InChI=1S/C13H20BrN3/c1-10-8-16(2)9-11(7-15)17(10)13-6-4-3-5-12(13)14/h3-6,10-11H,7-9,15H2,1-2H3. The summed E-state index contributed by atoms with van der Waals surface area (Å²) in [6.07, 6.45) is 0. The molecule has 2 atom stereocenters. The van der Waals surface area contributed by atoms with Crippen molar-refractivity contribution in [2.45, 2.75) is 19.0 Å². The summed E-state index contributed by atoms with van der Waals surface area (Å²) >= 11 is 3.64. The molecule has 0 radical (unpaired) electrons. The van der Waals surface area contributed by atoms with Crippen LogP contribution in [0.25, 0.3) is 0 Å². The molecule has 1 aromatic rings. The van der Waals surface area contributed by atoms with E-state index in [9.17, 15) is 0 Å². The van der Waals surface area contributed by atoms with Crippen LogP contribution in [-0.4, -0.2) is 43.7 Å². The van der Waals surface area contributed by atoms with Gasteiger partial charge in [0.2, 0.25) is 0 Å². The zero-order valence-corrected chi connectivity index (χ0v) is 12.0. The molecule has 0 aromatic heterocycles. The van der Waals surface area contributed by atoms with E-state index < -0.39 is 0 Å². The lowest BCUT2D eigenvalue weighted by Crippen LogP contribution is -2.59. The van der Waals surface area contributed by atoms with Crippen LogP contribution in [0.1, 0.15) is 6.92 Å². The molecule has 17 heavy (non-hydrogen) atoms. The molecule has 0 spiro atoms. The lowest BCUT2D eigenvalue weighted by molar-refractivity contribution is 0.234. The molecule has 1 fully saturated rings. The van der Waals surface area contributed by atoms with Crippen LogP contribution < -0.4 is 10.6 Å². The van der Waals surface area contributed by atoms with E-state index in [0.717, 1.165) is 17.6 Å². The first-order valence-electron chi connectivity index (χ1n) is 6.05. The number of hydrogen-bond acceptors (Lipinski definition) is 3. The Bertz CT molecular complexity index is 383. The topological polar surface area (TPSA) is 32.5 Å². The molecule has 1 heterocycles. The van der Waals surface area contributed by atoms with Crippen LogP contribution in [0.15, 0.2) is 28.7 Å². The van der Waals surface area contributed by atoms with E-state index in [1.165, 1.54) is 5.69 Å². The number of nitrogens with zero attached hydrogens (tertiary/aromatic N) is 2. The number of rotatable bonds is 2. The minimum absolute atomic E-state index is 0.391. The third-order valence-corrected chi connectivity index (χ3v) is 4.04. The highest BCUT2D eigenvalue weighted by Crippen LogP contribution is 2.30. The van der Waals surface area contributed by atoms with Crippen LogP contribution in [0, 0.1) is 0 Å². The van der Waals surface area contributed by atoms with Crippen LogP contribution in [0.4, 0.5) is 5.69 Å². The van der Waals surface area contributed by atoms with Crippen molar-refractivity contribution in [3.8, 4) is 0 Å². The Morgan fingerprint density at radius 1 is 1.35 bits per heavy atom. The molecule has 3 nitrogen and oxygen atoms in total. The first-order valence-corrected chi connectivity index (χ1v) is 6.84. The minimum Gasteiger partial charge on any atom is -0.361 e. The molecular weight excluding hydrogens is 278 g/mol. The number of nitrogens with two attached hydrogens (primary N) is 1. The first-order chi connectivity index (χ1) is 8.13. The number of benzene rings is 1. The Labute approximate surface area is 112 Å². The van der Waals surface area contributed by atoms with Crippen LogP contribution in [-0.2, 0) is 0 Å². The molecule has 1 aliphatic heterocycles. The highest BCUT2D eigenvalue weighted by molar-refractivity contribution is 9.10. The van der Waals surface area contributed by atoms with Crippen molar-refractivity contribution < 1.29 is 0 Å². The monoisotopic (exact) mass is 297 g/mol. The maximum absolute atomic E-state index is 5.92. The summed E-state index contributed by atoms with van der Waals surface area (Å²) in [4.78, 5) is 4.81. The van der Waals surface area contributed by atoms with Gasteiger partial charge in [0.15, 0.2) is 0 Å². The zero-order chi connectivity index (χ0) is 12.4. The molecule has 94 valence electrons. The Hall–Kier alpha value is -0.580. The summed E-state index contributed by atoms with van der Waals surface area (Å²) in [6, 6.07) is 9.26. The largest absolute Gasteiger partial charge is 0.361 e. The zero-order valence-electron chi connectivity index (χ0n) is 10.4. The highest BCUT2D eigenvalue weighted by atomic mass is 79.9. The summed E-state index contributed by atoms with van der Waals surface area (Å²) in [6.45, 7) is 5.06. The molecule has 0 aliphatic carbocycles. The highest BCUT2D eigenvalue weighted by Gasteiger charge is 2.30. The van der Waals surface area contributed by atoms with Crippen molar-refractivity contribution in [2.24, 2.45) is 5.73 Å². The van der Waals surface area contributed by atoms with Gasteiger partial charge in [0.05, 0.1) is 11.7 Å². The van der Waals surface area contributed by atoms with E-state index in [-0.39, 0.29) is 0 Å². The van der Waals surface area contributed by atoms with Gasteiger partial charge < -0.3 is 15.5 Å². The van der Waals surface area contributed by atoms with Crippen LogP contribution >= 0.6 is 15.9 Å². The summed E-state index contributed by atoms with van der Waals surface area (Å²) in [7, 11) is 2.16. The number of piperazine rings is 1. The van der Waals surface area contributed by atoms with E-state index in [0.29, 0.717) is 18.6 Å². The molecular formula is C13H20BrN3. The smallest absolute Gasteiger partial charge is 0.0543 e. The number of para-hydroxylation sites is 1. The quantitative estimate of drug-likeness (QED) is 0.905. The molecule has 1 aliphatic rings. The number of halogens is 1. The fourth-order valence-corrected chi connectivity index (χ4v) is 3.19. The third kappa shape index (κ3) is 2.64. The van der Waals surface area contributed by atoms with Gasteiger partial charge in [-0.2, -0.15) is 0 Å². The molecule has 2 N–H and O–H groups in total. The van der Waals surface area contributed by atoms with E-state index in [2.05, 4.69) is 57.9 Å². The normalized spacial score (nSPS) is 26.2. The molecule has 0 bridgehead atoms. The van der Waals surface area contributed by atoms with Crippen molar-refractivity contribution in [2.75, 3.05) is 31.6 Å². The Morgan fingerprint density at radius 2 is 2.06 bits per heavy atom. The van der Waals surface area contributed by atoms with Crippen LogP contribution in [0.3, 0.4) is 0 Å².